The van der Waals surface area contributed by atoms with Crippen molar-refractivity contribution in [3.8, 4) is 0 Å². The molecular formula is C12H17Cl2N2O2PS2. The van der Waals surface area contributed by atoms with Crippen LogP contribution in [0, 0.1) is 0 Å². The van der Waals surface area contributed by atoms with Crippen molar-refractivity contribution in [3.05, 3.63) is 28.2 Å². The number of hydrogen-bond donors (Lipinski definition) is 2. The third-order valence-corrected chi connectivity index (χ3v) is 8.04. The molecule has 0 aliphatic heterocycles. The first-order chi connectivity index (χ1) is 9.79. The van der Waals surface area contributed by atoms with E-state index in [0.29, 0.717) is 15.7 Å². The number of hydrogen-bond acceptors (Lipinski definition) is 4. The van der Waals surface area contributed by atoms with Gasteiger partial charge in [0, 0.05) is 17.4 Å². The molecule has 0 heterocycles. The van der Waals surface area contributed by atoms with E-state index in [0.717, 1.165) is 6.42 Å². The van der Waals surface area contributed by atoms with Crippen LogP contribution in [0.5, 0.6) is 0 Å². The van der Waals surface area contributed by atoms with Crippen LogP contribution in [0.3, 0.4) is 0 Å². The lowest BCUT2D eigenvalue weighted by atomic mass is 10.3. The highest BCUT2D eigenvalue weighted by Gasteiger charge is 2.26. The predicted octanol–water partition coefficient (Wildman–Crippen LogP) is 5.57. The molecule has 0 aliphatic carbocycles. The first-order valence-corrected chi connectivity index (χ1v) is 10.5. The summed E-state index contributed by atoms with van der Waals surface area (Å²) in [5, 5.41) is 6.92. The summed E-state index contributed by atoms with van der Waals surface area (Å²) in [6.45, 7) is 0.896. The Morgan fingerprint density at radius 2 is 2.19 bits per heavy atom. The van der Waals surface area contributed by atoms with Crippen LogP contribution in [-0.4, -0.2) is 17.5 Å². The maximum atomic E-state index is 12.5. The van der Waals surface area contributed by atoms with Gasteiger partial charge < -0.3 is 9.84 Å². The number of benzene rings is 1. The second-order valence-corrected chi connectivity index (χ2v) is 10.1. The largest absolute Gasteiger partial charge is 0.352 e. The Balaban J connectivity index is 2.73. The van der Waals surface area contributed by atoms with Crippen LogP contribution in [0.25, 0.3) is 0 Å². The normalized spacial score (nSPS) is 15.1. The van der Waals surface area contributed by atoms with E-state index in [1.807, 2.05) is 13.8 Å². The molecule has 0 amide bonds. The molecule has 2 N–H and O–H groups in total. The van der Waals surface area contributed by atoms with Crippen molar-refractivity contribution in [2.45, 2.75) is 25.5 Å². The Morgan fingerprint density at radius 1 is 1.52 bits per heavy atom. The summed E-state index contributed by atoms with van der Waals surface area (Å²) in [6.07, 6.45) is 0.878. The van der Waals surface area contributed by atoms with E-state index in [9.17, 15) is 4.57 Å². The molecule has 0 saturated carbocycles. The predicted molar refractivity (Wildman–Crippen MR) is 97.8 cm³/mol. The first-order valence-electron chi connectivity index (χ1n) is 6.18. The summed E-state index contributed by atoms with van der Waals surface area (Å²) in [4.78, 5) is 0. The Hall–Kier alpha value is 0.0300. The summed E-state index contributed by atoms with van der Waals surface area (Å²) >= 11 is 18.3. The zero-order chi connectivity index (χ0) is 16.0. The smallest absolute Gasteiger partial charge is 0.331 e. The van der Waals surface area contributed by atoms with Gasteiger partial charge in [0.05, 0.1) is 10.7 Å². The summed E-state index contributed by atoms with van der Waals surface area (Å²) in [5.41, 5.74) is 0.578. The molecule has 2 unspecified atom stereocenters. The molecule has 9 heteroatoms. The lowest BCUT2D eigenvalue weighted by molar-refractivity contribution is 0.405. The van der Waals surface area contributed by atoms with Crippen molar-refractivity contribution >= 4 is 64.3 Å². The van der Waals surface area contributed by atoms with Crippen LogP contribution >= 0.6 is 53.5 Å². The molecule has 0 bridgehead atoms. The zero-order valence-electron chi connectivity index (χ0n) is 11.9. The highest BCUT2D eigenvalue weighted by atomic mass is 35.5. The SMILES string of the molecule is CCC(C)SP(=O)(NC(=S)Nc1ccc(Cl)cc1Cl)OC. The summed E-state index contributed by atoms with van der Waals surface area (Å²) in [6, 6.07) is 4.97. The van der Waals surface area contributed by atoms with Crippen LogP contribution in [0.4, 0.5) is 5.69 Å². The molecule has 1 rings (SSSR count). The number of anilines is 1. The van der Waals surface area contributed by atoms with Crippen LogP contribution in [0.15, 0.2) is 18.2 Å². The van der Waals surface area contributed by atoms with Gasteiger partial charge in [0.2, 0.25) is 0 Å². The van der Waals surface area contributed by atoms with Gasteiger partial charge in [-0.25, -0.2) is 0 Å². The zero-order valence-corrected chi connectivity index (χ0v) is 15.9. The first kappa shape index (κ1) is 19.1. The molecule has 0 aromatic heterocycles. The van der Waals surface area contributed by atoms with E-state index in [4.69, 9.17) is 39.9 Å². The molecule has 0 fully saturated rings. The topological polar surface area (TPSA) is 50.4 Å². The summed E-state index contributed by atoms with van der Waals surface area (Å²) in [7, 11) is 1.39. The quantitative estimate of drug-likeness (QED) is 0.492. The van der Waals surface area contributed by atoms with E-state index >= 15 is 0 Å². The minimum absolute atomic E-state index is 0.181. The number of nitrogens with one attached hydrogen (secondary N) is 2. The Morgan fingerprint density at radius 3 is 2.71 bits per heavy atom. The van der Waals surface area contributed by atoms with Crippen molar-refractivity contribution in [2.75, 3.05) is 12.4 Å². The van der Waals surface area contributed by atoms with Gasteiger partial charge in [0.1, 0.15) is 0 Å². The molecule has 1 aromatic carbocycles. The number of thiocarbonyl (C=S) groups is 1. The van der Waals surface area contributed by atoms with Crippen LogP contribution in [0.1, 0.15) is 20.3 Å². The van der Waals surface area contributed by atoms with Crippen molar-refractivity contribution < 1.29 is 9.09 Å². The summed E-state index contributed by atoms with van der Waals surface area (Å²) < 4.78 is 17.6. The van der Waals surface area contributed by atoms with Gasteiger partial charge in [-0.3, -0.25) is 9.65 Å². The Bertz CT molecular complexity index is 560. The molecule has 118 valence electrons. The minimum atomic E-state index is -3.10. The van der Waals surface area contributed by atoms with E-state index in [-0.39, 0.29) is 10.4 Å². The van der Waals surface area contributed by atoms with Gasteiger partial charge in [0.15, 0.2) is 5.11 Å². The highest BCUT2D eigenvalue weighted by Crippen LogP contribution is 2.57. The lowest BCUT2D eigenvalue weighted by Gasteiger charge is -2.21. The van der Waals surface area contributed by atoms with Gasteiger partial charge in [0.25, 0.3) is 0 Å². The van der Waals surface area contributed by atoms with Crippen molar-refractivity contribution in [1.29, 1.82) is 0 Å². The van der Waals surface area contributed by atoms with Crippen molar-refractivity contribution in [3.63, 3.8) is 0 Å². The second-order valence-electron chi connectivity index (χ2n) is 4.19. The Kier molecular flexibility index (Phi) is 7.82. The molecule has 21 heavy (non-hydrogen) atoms. The van der Waals surface area contributed by atoms with Crippen LogP contribution in [0.2, 0.25) is 10.0 Å². The fourth-order valence-corrected chi connectivity index (χ4v) is 6.11. The average molecular weight is 387 g/mol. The third-order valence-electron chi connectivity index (χ3n) is 2.55. The fourth-order valence-electron chi connectivity index (χ4n) is 1.29. The average Bonchev–Trinajstić information content (AvgIpc) is 2.41. The molecule has 4 nitrogen and oxygen atoms in total. The van der Waals surface area contributed by atoms with Crippen LogP contribution in [-0.2, 0) is 9.09 Å². The lowest BCUT2D eigenvalue weighted by Crippen LogP contribution is -2.26. The maximum absolute atomic E-state index is 12.5. The maximum Gasteiger partial charge on any atom is 0.352 e. The molecule has 0 saturated heterocycles. The monoisotopic (exact) mass is 386 g/mol. The molecule has 1 aromatic rings. The standard InChI is InChI=1S/C12H17Cl2N2O2PS2/c1-4-8(2)21-19(17,18-3)16-12(20)15-11-6-5-9(13)7-10(11)14/h5-8H,4H2,1-3H3,(H2,15,16,17,20). The van der Waals surface area contributed by atoms with Gasteiger partial charge in [-0.2, -0.15) is 0 Å². The van der Waals surface area contributed by atoms with E-state index < -0.39 is 6.72 Å². The Labute approximate surface area is 144 Å². The van der Waals surface area contributed by atoms with Crippen LogP contribution < -0.4 is 10.4 Å². The van der Waals surface area contributed by atoms with Gasteiger partial charge >= 0.3 is 6.72 Å². The van der Waals surface area contributed by atoms with Gasteiger partial charge in [-0.15, -0.1) is 0 Å². The highest BCUT2D eigenvalue weighted by molar-refractivity contribution is 8.56. The third kappa shape index (κ3) is 6.35. The van der Waals surface area contributed by atoms with E-state index in [1.165, 1.54) is 18.5 Å². The molecule has 0 spiro atoms. The van der Waals surface area contributed by atoms with Gasteiger partial charge in [-0.05, 0) is 48.2 Å². The molecule has 0 aliphatic rings. The van der Waals surface area contributed by atoms with E-state index in [2.05, 4.69) is 10.4 Å². The molecular weight excluding hydrogens is 370 g/mol. The van der Waals surface area contributed by atoms with Crippen molar-refractivity contribution in [2.24, 2.45) is 0 Å². The second kappa shape index (κ2) is 8.61. The molecule has 2 atom stereocenters. The number of rotatable bonds is 6. The van der Waals surface area contributed by atoms with Crippen molar-refractivity contribution in [1.82, 2.24) is 5.09 Å². The minimum Gasteiger partial charge on any atom is -0.331 e. The van der Waals surface area contributed by atoms with E-state index in [1.54, 1.807) is 18.2 Å². The summed E-state index contributed by atoms with van der Waals surface area (Å²) in [5.74, 6) is 0. The fraction of sp³-hybridized carbons (Fsp3) is 0.417. The van der Waals surface area contributed by atoms with Gasteiger partial charge in [-0.1, -0.05) is 37.0 Å². The number of halogens is 2. The molecule has 0 radical (unpaired) electrons.